The lowest BCUT2D eigenvalue weighted by atomic mass is 10.1. The SMILES string of the molecule is Cc1ccsc1C(Oc1cc(Cl)cc(Cl)c1)C(C)N. The summed E-state index contributed by atoms with van der Waals surface area (Å²) in [6.45, 7) is 3.98. The second kappa shape index (κ2) is 6.14. The molecule has 0 bridgehead atoms. The van der Waals surface area contributed by atoms with Crippen LogP contribution in [0.3, 0.4) is 0 Å². The molecule has 2 aromatic rings. The van der Waals surface area contributed by atoms with Gasteiger partial charge >= 0.3 is 0 Å². The zero-order valence-electron chi connectivity index (χ0n) is 10.7. The molecule has 2 rings (SSSR count). The van der Waals surface area contributed by atoms with Crippen LogP contribution in [0.1, 0.15) is 23.5 Å². The lowest BCUT2D eigenvalue weighted by Crippen LogP contribution is -2.28. The van der Waals surface area contributed by atoms with E-state index >= 15 is 0 Å². The molecule has 0 amide bonds. The normalized spacial score (nSPS) is 14.2. The highest BCUT2D eigenvalue weighted by atomic mass is 35.5. The molecule has 0 spiro atoms. The predicted molar refractivity (Wildman–Crippen MR) is 82.5 cm³/mol. The van der Waals surface area contributed by atoms with Gasteiger partial charge in [-0.2, -0.15) is 0 Å². The first-order valence-corrected chi connectivity index (χ1v) is 7.53. The van der Waals surface area contributed by atoms with E-state index in [4.69, 9.17) is 33.7 Å². The van der Waals surface area contributed by atoms with Crippen molar-refractivity contribution >= 4 is 34.5 Å². The van der Waals surface area contributed by atoms with Crippen molar-refractivity contribution in [3.05, 3.63) is 50.1 Å². The number of hydrogen-bond donors (Lipinski definition) is 1. The predicted octanol–water partition coefficient (Wildman–Crippen LogP) is 4.83. The molecule has 2 N–H and O–H groups in total. The zero-order valence-corrected chi connectivity index (χ0v) is 13.0. The van der Waals surface area contributed by atoms with Crippen LogP contribution in [-0.2, 0) is 0 Å². The first-order chi connectivity index (χ1) is 8.97. The van der Waals surface area contributed by atoms with Gasteiger partial charge in [-0.25, -0.2) is 0 Å². The van der Waals surface area contributed by atoms with Crippen LogP contribution in [0.15, 0.2) is 29.6 Å². The van der Waals surface area contributed by atoms with E-state index < -0.39 is 0 Å². The van der Waals surface area contributed by atoms with E-state index in [-0.39, 0.29) is 12.1 Å². The summed E-state index contributed by atoms with van der Waals surface area (Å²) < 4.78 is 5.98. The summed E-state index contributed by atoms with van der Waals surface area (Å²) in [4.78, 5) is 1.13. The second-order valence-corrected chi connectivity index (χ2v) is 6.29. The first-order valence-electron chi connectivity index (χ1n) is 5.89. The number of nitrogens with two attached hydrogens (primary N) is 1. The van der Waals surface area contributed by atoms with E-state index in [1.54, 1.807) is 29.5 Å². The third-order valence-electron chi connectivity index (χ3n) is 2.74. The van der Waals surface area contributed by atoms with Gasteiger partial charge in [0.15, 0.2) is 0 Å². The molecule has 19 heavy (non-hydrogen) atoms. The van der Waals surface area contributed by atoms with Gasteiger partial charge in [0, 0.05) is 21.0 Å². The summed E-state index contributed by atoms with van der Waals surface area (Å²) >= 11 is 13.6. The average molecular weight is 316 g/mol. The van der Waals surface area contributed by atoms with Gasteiger partial charge in [0.1, 0.15) is 11.9 Å². The van der Waals surface area contributed by atoms with Gasteiger partial charge in [-0.15, -0.1) is 11.3 Å². The summed E-state index contributed by atoms with van der Waals surface area (Å²) in [6.07, 6.45) is -0.200. The maximum atomic E-state index is 6.04. The fraction of sp³-hybridized carbons (Fsp3) is 0.286. The van der Waals surface area contributed by atoms with Crippen molar-refractivity contribution in [2.75, 3.05) is 0 Å². The molecule has 1 heterocycles. The van der Waals surface area contributed by atoms with E-state index in [1.807, 2.05) is 12.3 Å². The Morgan fingerprint density at radius 2 is 1.84 bits per heavy atom. The molecule has 0 saturated carbocycles. The first kappa shape index (κ1) is 14.7. The molecule has 0 aliphatic rings. The number of ether oxygens (including phenoxy) is 1. The summed E-state index contributed by atoms with van der Waals surface area (Å²) in [5.74, 6) is 0.632. The molecule has 0 aliphatic carbocycles. The van der Waals surface area contributed by atoms with E-state index in [1.165, 1.54) is 5.56 Å². The molecule has 1 aromatic heterocycles. The highest BCUT2D eigenvalue weighted by Crippen LogP contribution is 2.32. The molecule has 0 aliphatic heterocycles. The van der Waals surface area contributed by atoms with Gasteiger partial charge in [0.2, 0.25) is 0 Å². The van der Waals surface area contributed by atoms with Crippen LogP contribution < -0.4 is 10.5 Å². The summed E-state index contributed by atoms with van der Waals surface area (Å²) in [5.41, 5.74) is 7.22. The number of aryl methyl sites for hydroxylation is 1. The molecule has 102 valence electrons. The van der Waals surface area contributed by atoms with Crippen molar-refractivity contribution in [3.8, 4) is 5.75 Å². The van der Waals surface area contributed by atoms with Gasteiger partial charge in [-0.1, -0.05) is 23.2 Å². The number of rotatable bonds is 4. The molecule has 0 fully saturated rings. The van der Waals surface area contributed by atoms with Gasteiger partial charge in [-0.3, -0.25) is 0 Å². The number of hydrogen-bond acceptors (Lipinski definition) is 3. The monoisotopic (exact) mass is 315 g/mol. The number of halogens is 2. The van der Waals surface area contributed by atoms with Crippen LogP contribution in [0.2, 0.25) is 10.0 Å². The van der Waals surface area contributed by atoms with Crippen LogP contribution in [-0.4, -0.2) is 6.04 Å². The number of thiophene rings is 1. The van der Waals surface area contributed by atoms with E-state index in [9.17, 15) is 0 Å². The fourth-order valence-corrected chi connectivity index (χ4v) is 3.39. The Kier molecular flexibility index (Phi) is 4.74. The second-order valence-electron chi connectivity index (χ2n) is 4.47. The fourth-order valence-electron chi connectivity index (χ4n) is 1.82. The molecule has 2 unspecified atom stereocenters. The zero-order chi connectivity index (χ0) is 14.0. The maximum Gasteiger partial charge on any atom is 0.148 e. The average Bonchev–Trinajstić information content (AvgIpc) is 2.70. The van der Waals surface area contributed by atoms with Crippen LogP contribution in [0, 0.1) is 6.92 Å². The minimum absolute atomic E-state index is 0.130. The molecule has 1 aromatic carbocycles. The van der Waals surface area contributed by atoms with Gasteiger partial charge < -0.3 is 10.5 Å². The van der Waals surface area contributed by atoms with Crippen LogP contribution in [0.5, 0.6) is 5.75 Å². The minimum Gasteiger partial charge on any atom is -0.483 e. The van der Waals surface area contributed by atoms with E-state index in [0.717, 1.165) is 4.88 Å². The lowest BCUT2D eigenvalue weighted by molar-refractivity contribution is 0.183. The molecule has 0 saturated heterocycles. The Hall–Kier alpha value is -0.740. The van der Waals surface area contributed by atoms with Crippen LogP contribution >= 0.6 is 34.5 Å². The van der Waals surface area contributed by atoms with Crippen LogP contribution in [0.4, 0.5) is 0 Å². The van der Waals surface area contributed by atoms with Crippen LogP contribution in [0.25, 0.3) is 0 Å². The smallest absolute Gasteiger partial charge is 0.148 e. The Labute approximate surface area is 127 Å². The molecule has 0 radical (unpaired) electrons. The van der Waals surface area contributed by atoms with Crippen molar-refractivity contribution in [1.82, 2.24) is 0 Å². The minimum atomic E-state index is -0.200. The van der Waals surface area contributed by atoms with Crippen molar-refractivity contribution in [2.24, 2.45) is 5.73 Å². The Morgan fingerprint density at radius 1 is 1.21 bits per heavy atom. The highest BCUT2D eigenvalue weighted by molar-refractivity contribution is 7.10. The molecule has 5 heteroatoms. The molecule has 2 atom stereocenters. The van der Waals surface area contributed by atoms with Gasteiger partial charge in [-0.05, 0) is 49.1 Å². The Bertz CT molecular complexity index is 548. The molecular weight excluding hydrogens is 301 g/mol. The standard InChI is InChI=1S/C14H15Cl2NOS/c1-8-3-4-19-14(8)13(9(2)17)18-12-6-10(15)5-11(16)7-12/h3-7,9,13H,17H2,1-2H3. The summed E-state index contributed by atoms with van der Waals surface area (Å²) in [6, 6.07) is 7.09. The Morgan fingerprint density at radius 3 is 2.32 bits per heavy atom. The quantitative estimate of drug-likeness (QED) is 0.877. The molecular formula is C14H15Cl2NOS. The lowest BCUT2D eigenvalue weighted by Gasteiger charge is -2.22. The third kappa shape index (κ3) is 3.63. The van der Waals surface area contributed by atoms with Gasteiger partial charge in [0.25, 0.3) is 0 Å². The molecule has 2 nitrogen and oxygen atoms in total. The van der Waals surface area contributed by atoms with E-state index in [2.05, 4.69) is 13.0 Å². The highest BCUT2D eigenvalue weighted by Gasteiger charge is 2.21. The van der Waals surface area contributed by atoms with Crippen molar-refractivity contribution in [1.29, 1.82) is 0 Å². The maximum absolute atomic E-state index is 6.04. The van der Waals surface area contributed by atoms with Crippen molar-refractivity contribution in [3.63, 3.8) is 0 Å². The Balaban J connectivity index is 2.29. The summed E-state index contributed by atoms with van der Waals surface area (Å²) in [5, 5.41) is 3.14. The number of benzene rings is 1. The summed E-state index contributed by atoms with van der Waals surface area (Å²) in [7, 11) is 0. The van der Waals surface area contributed by atoms with Gasteiger partial charge in [0.05, 0.1) is 0 Å². The van der Waals surface area contributed by atoms with Crippen molar-refractivity contribution in [2.45, 2.75) is 26.0 Å². The van der Waals surface area contributed by atoms with E-state index in [0.29, 0.717) is 15.8 Å². The largest absolute Gasteiger partial charge is 0.483 e. The topological polar surface area (TPSA) is 35.2 Å². The van der Waals surface area contributed by atoms with Crippen molar-refractivity contribution < 1.29 is 4.74 Å². The third-order valence-corrected chi connectivity index (χ3v) is 4.25.